The molecule has 26 heavy (non-hydrogen) atoms. The van der Waals surface area contributed by atoms with Crippen molar-refractivity contribution in [3.8, 4) is 11.1 Å². The van der Waals surface area contributed by atoms with Crippen LogP contribution in [0.2, 0.25) is 0 Å². The second-order valence-corrected chi connectivity index (χ2v) is 6.13. The molecule has 0 aliphatic rings. The van der Waals surface area contributed by atoms with Crippen LogP contribution in [0.4, 0.5) is 0 Å². The molecule has 2 aromatic heterocycles. The van der Waals surface area contributed by atoms with Gasteiger partial charge in [0, 0.05) is 26.0 Å². The Labute approximate surface area is 151 Å². The van der Waals surface area contributed by atoms with E-state index in [1.54, 1.807) is 41.1 Å². The smallest absolute Gasteiger partial charge is 0.259 e. The minimum atomic E-state index is -0.0958. The molecule has 0 spiro atoms. The Kier molecular flexibility index (Phi) is 4.19. The molecule has 0 aliphatic heterocycles. The number of fused-ring (bicyclic) bond motifs is 1. The van der Waals surface area contributed by atoms with Gasteiger partial charge in [0.25, 0.3) is 5.91 Å². The first-order valence-electron chi connectivity index (χ1n) is 8.41. The number of nitrogens with zero attached hydrogens (tertiary/aromatic N) is 4. The topological polar surface area (TPSA) is 50.5 Å². The molecule has 1 amide bonds. The predicted octanol–water partition coefficient (Wildman–Crippen LogP) is 3.67. The minimum absolute atomic E-state index is 0.0958. The molecule has 0 atom stereocenters. The Balaban J connectivity index is 1.63. The van der Waals surface area contributed by atoms with Crippen LogP contribution in [0, 0.1) is 0 Å². The summed E-state index contributed by atoms with van der Waals surface area (Å²) in [6.07, 6.45) is 5.02. The molecule has 0 saturated carbocycles. The summed E-state index contributed by atoms with van der Waals surface area (Å²) < 4.78 is 1.61. The van der Waals surface area contributed by atoms with Crippen LogP contribution in [-0.4, -0.2) is 32.5 Å². The average molecular weight is 342 g/mol. The molecule has 0 bridgehead atoms. The SMILES string of the molecule is CN(Cc1ccccc1-c1ccccc1)C(=O)c1cnn2cccnc12. The van der Waals surface area contributed by atoms with E-state index < -0.39 is 0 Å². The van der Waals surface area contributed by atoms with Crippen LogP contribution < -0.4 is 0 Å². The zero-order valence-corrected chi connectivity index (χ0v) is 14.4. The average Bonchev–Trinajstić information content (AvgIpc) is 3.12. The van der Waals surface area contributed by atoms with E-state index in [0.717, 1.165) is 16.7 Å². The third-order valence-electron chi connectivity index (χ3n) is 4.37. The van der Waals surface area contributed by atoms with Crippen LogP contribution in [0.15, 0.2) is 79.3 Å². The molecular formula is C21H18N4O. The Morgan fingerprint density at radius 1 is 1.04 bits per heavy atom. The van der Waals surface area contributed by atoms with Gasteiger partial charge in [-0.05, 0) is 22.8 Å². The first kappa shape index (κ1) is 16.0. The number of carbonyl (C=O) groups excluding carboxylic acids is 1. The van der Waals surface area contributed by atoms with Gasteiger partial charge in [0.1, 0.15) is 5.56 Å². The fourth-order valence-corrected chi connectivity index (χ4v) is 3.07. The summed E-state index contributed by atoms with van der Waals surface area (Å²) in [6.45, 7) is 0.508. The van der Waals surface area contributed by atoms with Gasteiger partial charge in [-0.25, -0.2) is 9.50 Å². The van der Waals surface area contributed by atoms with E-state index in [2.05, 4.69) is 34.3 Å². The molecule has 0 saturated heterocycles. The van der Waals surface area contributed by atoms with Gasteiger partial charge in [-0.1, -0.05) is 54.6 Å². The van der Waals surface area contributed by atoms with Crippen molar-refractivity contribution in [3.63, 3.8) is 0 Å². The molecule has 4 rings (SSSR count). The lowest BCUT2D eigenvalue weighted by Gasteiger charge is -2.19. The van der Waals surface area contributed by atoms with Gasteiger partial charge in [0.05, 0.1) is 6.20 Å². The summed E-state index contributed by atoms with van der Waals surface area (Å²) in [5.74, 6) is -0.0958. The maximum atomic E-state index is 12.9. The standard InChI is InChI=1S/C21H18N4O/c1-24(21(26)19-14-23-25-13-7-12-22-20(19)25)15-17-10-5-6-11-18(17)16-8-3-2-4-9-16/h2-14H,15H2,1H3. The molecule has 0 unspecified atom stereocenters. The maximum absolute atomic E-state index is 12.9. The molecular weight excluding hydrogens is 324 g/mol. The summed E-state index contributed by atoms with van der Waals surface area (Å²) in [5.41, 5.74) is 4.44. The fraction of sp³-hybridized carbons (Fsp3) is 0.0952. The lowest BCUT2D eigenvalue weighted by Crippen LogP contribution is -2.26. The van der Waals surface area contributed by atoms with Crippen molar-refractivity contribution < 1.29 is 4.79 Å². The highest BCUT2D eigenvalue weighted by Gasteiger charge is 2.19. The Morgan fingerprint density at radius 2 is 1.81 bits per heavy atom. The predicted molar refractivity (Wildman–Crippen MR) is 101 cm³/mol. The number of benzene rings is 2. The monoisotopic (exact) mass is 342 g/mol. The van der Waals surface area contributed by atoms with E-state index in [1.807, 2.05) is 30.3 Å². The molecule has 0 radical (unpaired) electrons. The molecule has 5 nitrogen and oxygen atoms in total. The van der Waals surface area contributed by atoms with E-state index in [9.17, 15) is 4.79 Å². The number of hydrogen-bond donors (Lipinski definition) is 0. The molecule has 0 fully saturated rings. The molecule has 0 aliphatic carbocycles. The van der Waals surface area contributed by atoms with Crippen molar-refractivity contribution in [1.29, 1.82) is 0 Å². The fourth-order valence-electron chi connectivity index (χ4n) is 3.07. The summed E-state index contributed by atoms with van der Waals surface area (Å²) >= 11 is 0. The van der Waals surface area contributed by atoms with E-state index in [0.29, 0.717) is 17.8 Å². The Hall–Kier alpha value is -3.47. The van der Waals surface area contributed by atoms with Crippen molar-refractivity contribution in [3.05, 3.63) is 90.4 Å². The molecule has 2 heterocycles. The highest BCUT2D eigenvalue weighted by atomic mass is 16.2. The molecule has 0 N–H and O–H groups in total. The Bertz CT molecular complexity index is 1060. The van der Waals surface area contributed by atoms with Crippen LogP contribution >= 0.6 is 0 Å². The van der Waals surface area contributed by atoms with Crippen molar-refractivity contribution in [2.75, 3.05) is 7.05 Å². The van der Waals surface area contributed by atoms with Crippen LogP contribution in [0.25, 0.3) is 16.8 Å². The molecule has 5 heteroatoms. The maximum Gasteiger partial charge on any atom is 0.259 e. The number of rotatable bonds is 4. The zero-order chi connectivity index (χ0) is 17.9. The number of amides is 1. The van der Waals surface area contributed by atoms with Gasteiger partial charge in [-0.2, -0.15) is 5.10 Å². The van der Waals surface area contributed by atoms with Crippen molar-refractivity contribution in [2.45, 2.75) is 6.54 Å². The normalized spacial score (nSPS) is 10.8. The van der Waals surface area contributed by atoms with Gasteiger partial charge in [0.15, 0.2) is 5.65 Å². The largest absolute Gasteiger partial charge is 0.337 e. The van der Waals surface area contributed by atoms with Crippen molar-refractivity contribution >= 4 is 11.6 Å². The highest BCUT2D eigenvalue weighted by Crippen LogP contribution is 2.24. The molecule has 2 aromatic carbocycles. The summed E-state index contributed by atoms with van der Waals surface area (Å²) in [5, 5.41) is 4.20. The minimum Gasteiger partial charge on any atom is -0.337 e. The third-order valence-corrected chi connectivity index (χ3v) is 4.37. The number of hydrogen-bond acceptors (Lipinski definition) is 3. The first-order valence-corrected chi connectivity index (χ1v) is 8.41. The zero-order valence-electron chi connectivity index (χ0n) is 14.4. The molecule has 4 aromatic rings. The van der Waals surface area contributed by atoms with E-state index in [4.69, 9.17) is 0 Å². The van der Waals surface area contributed by atoms with Crippen LogP contribution in [0.5, 0.6) is 0 Å². The third kappa shape index (κ3) is 2.95. The van der Waals surface area contributed by atoms with Crippen molar-refractivity contribution in [1.82, 2.24) is 19.5 Å². The van der Waals surface area contributed by atoms with Gasteiger partial charge in [-0.15, -0.1) is 0 Å². The van der Waals surface area contributed by atoms with Gasteiger partial charge >= 0.3 is 0 Å². The van der Waals surface area contributed by atoms with E-state index in [1.165, 1.54) is 0 Å². The lowest BCUT2D eigenvalue weighted by atomic mass is 9.99. The van der Waals surface area contributed by atoms with Gasteiger partial charge in [-0.3, -0.25) is 4.79 Å². The van der Waals surface area contributed by atoms with Crippen LogP contribution in [-0.2, 0) is 6.54 Å². The summed E-state index contributed by atoms with van der Waals surface area (Å²) in [6, 6.07) is 20.1. The Morgan fingerprint density at radius 3 is 2.65 bits per heavy atom. The number of aromatic nitrogens is 3. The van der Waals surface area contributed by atoms with Crippen LogP contribution in [0.3, 0.4) is 0 Å². The number of carbonyl (C=O) groups is 1. The van der Waals surface area contributed by atoms with Gasteiger partial charge < -0.3 is 4.90 Å². The quantitative estimate of drug-likeness (QED) is 0.569. The van der Waals surface area contributed by atoms with E-state index in [-0.39, 0.29) is 5.91 Å². The van der Waals surface area contributed by atoms with E-state index >= 15 is 0 Å². The first-order chi connectivity index (χ1) is 12.7. The van der Waals surface area contributed by atoms with Crippen molar-refractivity contribution in [2.24, 2.45) is 0 Å². The lowest BCUT2D eigenvalue weighted by molar-refractivity contribution is 0.0787. The molecule has 128 valence electrons. The van der Waals surface area contributed by atoms with Gasteiger partial charge in [0.2, 0.25) is 0 Å². The summed E-state index contributed by atoms with van der Waals surface area (Å²) in [4.78, 5) is 18.9. The van der Waals surface area contributed by atoms with Crippen LogP contribution in [0.1, 0.15) is 15.9 Å². The highest BCUT2D eigenvalue weighted by molar-refractivity contribution is 5.99. The second-order valence-electron chi connectivity index (χ2n) is 6.13. The summed E-state index contributed by atoms with van der Waals surface area (Å²) in [7, 11) is 1.80. The second kappa shape index (κ2) is 6.80.